The van der Waals surface area contributed by atoms with Crippen LogP contribution in [0.1, 0.15) is 54.2 Å². The van der Waals surface area contributed by atoms with Gasteiger partial charge < -0.3 is 20.5 Å². The Morgan fingerprint density at radius 2 is 1.71 bits per heavy atom. The Balaban J connectivity index is 1.31. The van der Waals surface area contributed by atoms with Crippen LogP contribution in [-0.4, -0.2) is 41.3 Å². The first-order chi connectivity index (χ1) is 18.3. The second kappa shape index (κ2) is 11.0. The van der Waals surface area contributed by atoms with Gasteiger partial charge in [-0.15, -0.1) is 0 Å². The molecule has 6 nitrogen and oxygen atoms in total. The number of fused-ring (bicyclic) bond motifs is 1. The lowest BCUT2D eigenvalue weighted by atomic mass is 9.84. The van der Waals surface area contributed by atoms with Crippen LogP contribution >= 0.6 is 11.6 Å². The van der Waals surface area contributed by atoms with Crippen molar-refractivity contribution >= 4 is 40.0 Å². The number of nitrogens with zero attached hydrogens (tertiary/aromatic N) is 1. The Morgan fingerprint density at radius 1 is 1.00 bits per heavy atom. The second-order valence-corrected chi connectivity index (χ2v) is 11.1. The minimum Gasteiger partial charge on any atom is -0.360 e. The van der Waals surface area contributed by atoms with Crippen LogP contribution < -0.4 is 10.6 Å². The lowest BCUT2D eigenvalue weighted by Crippen LogP contribution is -2.37. The van der Waals surface area contributed by atoms with Crippen LogP contribution in [0.4, 0.5) is 5.69 Å². The van der Waals surface area contributed by atoms with E-state index < -0.39 is 6.04 Å². The number of aromatic nitrogens is 1. The molecule has 38 heavy (non-hydrogen) atoms. The Bertz CT molecular complexity index is 1420. The van der Waals surface area contributed by atoms with Gasteiger partial charge in [-0.1, -0.05) is 74.0 Å². The van der Waals surface area contributed by atoms with Crippen LogP contribution in [0.3, 0.4) is 0 Å². The zero-order chi connectivity index (χ0) is 26.7. The fourth-order valence-electron chi connectivity index (χ4n) is 5.20. The van der Waals surface area contributed by atoms with E-state index in [2.05, 4.69) is 46.5 Å². The second-order valence-electron chi connectivity index (χ2n) is 10.6. The molecule has 3 N–H and O–H groups in total. The predicted octanol–water partition coefficient (Wildman–Crippen LogP) is 6.30. The largest absolute Gasteiger partial charge is 0.360 e. The summed E-state index contributed by atoms with van der Waals surface area (Å²) >= 11 is 6.17. The smallest absolute Gasteiger partial charge is 0.252 e. The van der Waals surface area contributed by atoms with Gasteiger partial charge in [0.2, 0.25) is 0 Å². The molecule has 7 heteroatoms. The maximum Gasteiger partial charge on any atom is 0.252 e. The van der Waals surface area contributed by atoms with Crippen molar-refractivity contribution in [3.05, 3.63) is 101 Å². The number of carbonyl (C=O) groups is 2. The third kappa shape index (κ3) is 5.77. The van der Waals surface area contributed by atoms with Gasteiger partial charge in [-0.2, -0.15) is 0 Å². The van der Waals surface area contributed by atoms with Crippen LogP contribution in [-0.2, 0) is 10.2 Å². The quantitative estimate of drug-likeness (QED) is 0.251. The Morgan fingerprint density at radius 3 is 2.42 bits per heavy atom. The molecule has 2 amide bonds. The summed E-state index contributed by atoms with van der Waals surface area (Å²) in [5.74, 6) is -0.654. The highest BCUT2D eigenvalue weighted by Crippen LogP contribution is 2.28. The first-order valence-electron chi connectivity index (χ1n) is 13.1. The molecule has 1 aliphatic rings. The van der Waals surface area contributed by atoms with Gasteiger partial charge in [0.25, 0.3) is 11.8 Å². The van der Waals surface area contributed by atoms with Crippen LogP contribution in [0.25, 0.3) is 10.9 Å². The molecule has 0 spiro atoms. The van der Waals surface area contributed by atoms with Crippen molar-refractivity contribution in [3.63, 3.8) is 0 Å². The fraction of sp³-hybridized carbons (Fsp3) is 0.290. The summed E-state index contributed by atoms with van der Waals surface area (Å²) in [6, 6.07) is 21.7. The van der Waals surface area contributed by atoms with Gasteiger partial charge in [0.15, 0.2) is 0 Å². The summed E-state index contributed by atoms with van der Waals surface area (Å²) in [4.78, 5) is 32.2. The molecular weight excluding hydrogens is 496 g/mol. The SMILES string of the molecule is CC(C)(CN1CCCC1)c1ccc(NC(=O)C(NC(=O)c2ccc3c(Cl)c[nH]c3c2)c2ccccc2)cc1. The summed E-state index contributed by atoms with van der Waals surface area (Å²) in [5, 5.41) is 7.34. The third-order valence-corrected chi connectivity index (χ3v) is 7.63. The highest BCUT2D eigenvalue weighted by molar-refractivity contribution is 6.35. The number of amides is 2. The number of carbonyl (C=O) groups excluding carboxylic acids is 2. The molecule has 196 valence electrons. The molecule has 1 fully saturated rings. The number of hydrogen-bond donors (Lipinski definition) is 3. The summed E-state index contributed by atoms with van der Waals surface area (Å²) in [6.45, 7) is 7.87. The molecule has 0 aliphatic carbocycles. The minimum atomic E-state index is -0.863. The molecule has 2 heterocycles. The molecule has 0 radical (unpaired) electrons. The molecule has 0 saturated carbocycles. The highest BCUT2D eigenvalue weighted by Gasteiger charge is 2.27. The van der Waals surface area contributed by atoms with Gasteiger partial charge in [0, 0.05) is 40.3 Å². The van der Waals surface area contributed by atoms with E-state index in [-0.39, 0.29) is 17.2 Å². The van der Waals surface area contributed by atoms with Crippen molar-refractivity contribution in [2.75, 3.05) is 25.0 Å². The standard InChI is InChI=1S/C31H33ClN4O2/c1-31(2,20-36-16-6-7-17-36)23-11-13-24(14-12-23)34-30(38)28(21-8-4-3-5-9-21)35-29(37)22-10-15-25-26(32)19-33-27(25)18-22/h3-5,8-15,18-19,28,33H,6-7,16-17,20H2,1-2H3,(H,34,38)(H,35,37). The Hall–Kier alpha value is -3.61. The van der Waals surface area contributed by atoms with E-state index in [1.807, 2.05) is 42.5 Å². The van der Waals surface area contributed by atoms with Crippen molar-refractivity contribution in [2.45, 2.75) is 38.1 Å². The van der Waals surface area contributed by atoms with Crippen LogP contribution in [0, 0.1) is 0 Å². The Kier molecular flexibility index (Phi) is 7.54. The van der Waals surface area contributed by atoms with E-state index in [9.17, 15) is 9.59 Å². The molecule has 1 atom stereocenters. The number of halogens is 1. The summed E-state index contributed by atoms with van der Waals surface area (Å²) < 4.78 is 0. The zero-order valence-electron chi connectivity index (χ0n) is 21.8. The molecule has 1 aliphatic heterocycles. The number of likely N-dealkylation sites (tertiary alicyclic amines) is 1. The normalized spacial score (nSPS) is 14.9. The zero-order valence-corrected chi connectivity index (χ0v) is 22.5. The van der Waals surface area contributed by atoms with Crippen molar-refractivity contribution in [3.8, 4) is 0 Å². The van der Waals surface area contributed by atoms with E-state index in [1.54, 1.807) is 24.4 Å². The lowest BCUT2D eigenvalue weighted by Gasteiger charge is -2.30. The van der Waals surface area contributed by atoms with Gasteiger partial charge in [0.05, 0.1) is 5.02 Å². The van der Waals surface area contributed by atoms with E-state index in [0.29, 0.717) is 21.8 Å². The van der Waals surface area contributed by atoms with Crippen LogP contribution in [0.15, 0.2) is 79.0 Å². The minimum absolute atomic E-state index is 0.0118. The Labute approximate surface area is 228 Å². The average molecular weight is 529 g/mol. The maximum absolute atomic E-state index is 13.5. The van der Waals surface area contributed by atoms with Gasteiger partial charge in [-0.3, -0.25) is 9.59 Å². The number of nitrogens with one attached hydrogen (secondary N) is 3. The molecule has 0 bridgehead atoms. The fourth-order valence-corrected chi connectivity index (χ4v) is 5.42. The molecule has 1 saturated heterocycles. The number of rotatable bonds is 8. The number of hydrogen-bond acceptors (Lipinski definition) is 3. The van der Waals surface area contributed by atoms with E-state index in [4.69, 9.17) is 11.6 Å². The van der Waals surface area contributed by atoms with Crippen LogP contribution in [0.5, 0.6) is 0 Å². The van der Waals surface area contributed by atoms with E-state index in [1.165, 1.54) is 18.4 Å². The molecule has 1 aromatic heterocycles. The predicted molar refractivity (Wildman–Crippen MR) is 154 cm³/mol. The van der Waals surface area contributed by atoms with Gasteiger partial charge >= 0.3 is 0 Å². The van der Waals surface area contributed by atoms with Gasteiger partial charge in [-0.25, -0.2) is 0 Å². The first-order valence-corrected chi connectivity index (χ1v) is 13.4. The van der Waals surface area contributed by atoms with Gasteiger partial charge in [0.1, 0.15) is 6.04 Å². The lowest BCUT2D eigenvalue weighted by molar-refractivity contribution is -0.118. The van der Waals surface area contributed by atoms with Crippen molar-refractivity contribution in [2.24, 2.45) is 0 Å². The molecule has 5 rings (SSSR count). The van der Waals surface area contributed by atoms with E-state index in [0.717, 1.165) is 30.5 Å². The number of benzene rings is 3. The summed E-state index contributed by atoms with van der Waals surface area (Å²) in [7, 11) is 0. The molecule has 3 aromatic carbocycles. The van der Waals surface area contributed by atoms with Crippen molar-refractivity contribution < 1.29 is 9.59 Å². The number of H-pyrrole nitrogens is 1. The molecule has 1 unspecified atom stereocenters. The molecular formula is C31H33ClN4O2. The van der Waals surface area contributed by atoms with Crippen LogP contribution in [0.2, 0.25) is 5.02 Å². The third-order valence-electron chi connectivity index (χ3n) is 7.32. The van der Waals surface area contributed by atoms with E-state index >= 15 is 0 Å². The number of anilines is 1. The molecule has 4 aromatic rings. The highest BCUT2D eigenvalue weighted by atomic mass is 35.5. The monoisotopic (exact) mass is 528 g/mol. The van der Waals surface area contributed by atoms with Gasteiger partial charge in [-0.05, 0) is 61.3 Å². The first kappa shape index (κ1) is 26.0. The summed E-state index contributed by atoms with van der Waals surface area (Å²) in [5.41, 5.74) is 3.83. The van der Waals surface area contributed by atoms with Crippen molar-refractivity contribution in [1.29, 1.82) is 0 Å². The maximum atomic E-state index is 13.5. The van der Waals surface area contributed by atoms with Crippen molar-refractivity contribution in [1.82, 2.24) is 15.2 Å². The number of aromatic amines is 1. The summed E-state index contributed by atoms with van der Waals surface area (Å²) in [6.07, 6.45) is 4.23. The topological polar surface area (TPSA) is 77.2 Å². The average Bonchev–Trinajstić information content (AvgIpc) is 3.56.